The molecule has 3 atom stereocenters. The predicted octanol–water partition coefficient (Wildman–Crippen LogP) is 1.11. The number of carbonyl (C=O) groups is 2. The van der Waals surface area contributed by atoms with E-state index in [1.54, 1.807) is 11.6 Å². The van der Waals surface area contributed by atoms with E-state index in [-0.39, 0.29) is 29.9 Å². The Bertz CT molecular complexity index is 1040. The largest absolute Gasteiger partial charge is 0.421 e. The van der Waals surface area contributed by atoms with Crippen molar-refractivity contribution >= 4 is 23.2 Å². The number of amides is 2. The van der Waals surface area contributed by atoms with E-state index in [1.165, 1.54) is 11.3 Å². The van der Waals surface area contributed by atoms with Crippen LogP contribution >= 0.6 is 11.3 Å². The maximum Gasteiger partial charge on any atom is 0.280 e. The summed E-state index contributed by atoms with van der Waals surface area (Å²) in [5.41, 5.74) is 0.872. The van der Waals surface area contributed by atoms with E-state index in [2.05, 4.69) is 30.7 Å². The van der Waals surface area contributed by atoms with Crippen molar-refractivity contribution in [3.8, 4) is 11.5 Å². The number of fused-ring (bicyclic) bond motifs is 1. The van der Waals surface area contributed by atoms with E-state index in [0.29, 0.717) is 42.7 Å². The molecule has 9 nitrogen and oxygen atoms in total. The van der Waals surface area contributed by atoms with E-state index in [0.717, 1.165) is 5.56 Å². The Morgan fingerprint density at radius 3 is 2.97 bits per heavy atom. The third-order valence-electron chi connectivity index (χ3n) is 5.48. The Morgan fingerprint density at radius 2 is 2.17 bits per heavy atom. The highest BCUT2D eigenvalue weighted by molar-refractivity contribution is 7.11. The van der Waals surface area contributed by atoms with E-state index in [1.807, 2.05) is 30.3 Å². The zero-order chi connectivity index (χ0) is 20.5. The number of thiazole rings is 1. The van der Waals surface area contributed by atoms with E-state index >= 15 is 0 Å². The Labute approximate surface area is 176 Å². The first-order valence-corrected chi connectivity index (χ1v) is 10.7. The van der Waals surface area contributed by atoms with Gasteiger partial charge in [0.1, 0.15) is 0 Å². The van der Waals surface area contributed by atoms with Gasteiger partial charge in [-0.3, -0.25) is 14.5 Å². The van der Waals surface area contributed by atoms with Crippen LogP contribution in [0.1, 0.15) is 22.1 Å². The summed E-state index contributed by atoms with van der Waals surface area (Å²) in [5, 5.41) is 16.5. The summed E-state index contributed by atoms with van der Waals surface area (Å²) in [6, 6.07) is 9.26. The lowest BCUT2D eigenvalue weighted by Crippen LogP contribution is -2.58. The zero-order valence-electron chi connectivity index (χ0n) is 16.0. The highest BCUT2D eigenvalue weighted by atomic mass is 32.1. The third kappa shape index (κ3) is 3.71. The maximum absolute atomic E-state index is 12.4. The molecule has 10 heteroatoms. The van der Waals surface area contributed by atoms with Gasteiger partial charge in [0, 0.05) is 48.7 Å². The van der Waals surface area contributed by atoms with Crippen LogP contribution in [-0.4, -0.2) is 63.1 Å². The minimum absolute atomic E-state index is 0.00671. The predicted molar refractivity (Wildman–Crippen MR) is 109 cm³/mol. The second-order valence-electron chi connectivity index (χ2n) is 7.43. The monoisotopic (exact) mass is 424 g/mol. The molecule has 5 rings (SSSR count). The van der Waals surface area contributed by atoms with Crippen molar-refractivity contribution in [1.82, 2.24) is 30.7 Å². The summed E-state index contributed by atoms with van der Waals surface area (Å²) in [6.07, 6.45) is 2.71. The number of nitrogens with zero attached hydrogens (tertiary/aromatic N) is 4. The summed E-state index contributed by atoms with van der Waals surface area (Å²) in [4.78, 5) is 30.9. The minimum atomic E-state index is -0.276. The zero-order valence-corrected chi connectivity index (χ0v) is 16.8. The molecule has 2 N–H and O–H groups in total. The molecule has 154 valence electrons. The molecular formula is C20H20N6O3S. The summed E-state index contributed by atoms with van der Waals surface area (Å²) in [7, 11) is 0. The van der Waals surface area contributed by atoms with E-state index < -0.39 is 0 Å². The van der Waals surface area contributed by atoms with Crippen LogP contribution in [0.25, 0.3) is 11.5 Å². The number of aromatic nitrogens is 3. The standard InChI is InChI=1S/C20H20N6O3S/c27-17-15-8-13(23-18(28)20-21-6-7-30-20)11-26(15)14(10-22-17)9-16-24-25-19(29-16)12-4-2-1-3-5-12/h1-7,13-15H,8-11H2,(H,22,27)(H,23,28)/t13-,14+,15-/m0/s1. The van der Waals surface area contributed by atoms with Crippen molar-refractivity contribution < 1.29 is 14.0 Å². The average molecular weight is 424 g/mol. The second-order valence-corrected chi connectivity index (χ2v) is 8.32. The fraction of sp³-hybridized carbons (Fsp3) is 0.350. The van der Waals surface area contributed by atoms with Gasteiger partial charge in [-0.2, -0.15) is 0 Å². The average Bonchev–Trinajstić information content (AvgIpc) is 3.52. The summed E-state index contributed by atoms with van der Waals surface area (Å²) in [6.45, 7) is 1.10. The van der Waals surface area contributed by atoms with Crippen LogP contribution in [0.15, 0.2) is 46.3 Å². The van der Waals surface area contributed by atoms with Crippen LogP contribution in [-0.2, 0) is 11.2 Å². The van der Waals surface area contributed by atoms with Crippen molar-refractivity contribution in [2.24, 2.45) is 0 Å². The molecule has 0 aliphatic carbocycles. The first-order chi connectivity index (χ1) is 14.7. The van der Waals surface area contributed by atoms with Crippen LogP contribution in [0.2, 0.25) is 0 Å². The molecule has 0 bridgehead atoms. The summed E-state index contributed by atoms with van der Waals surface area (Å²) < 4.78 is 5.85. The van der Waals surface area contributed by atoms with Gasteiger partial charge in [-0.25, -0.2) is 4.98 Å². The molecule has 2 aromatic heterocycles. The van der Waals surface area contributed by atoms with Gasteiger partial charge in [0.25, 0.3) is 5.91 Å². The molecule has 0 unspecified atom stereocenters. The maximum atomic E-state index is 12.4. The molecule has 1 aromatic carbocycles. The minimum Gasteiger partial charge on any atom is -0.421 e. The lowest BCUT2D eigenvalue weighted by Gasteiger charge is -2.36. The Hall–Kier alpha value is -3.11. The lowest BCUT2D eigenvalue weighted by molar-refractivity contribution is -0.129. The van der Waals surface area contributed by atoms with Crippen molar-refractivity contribution in [3.05, 3.63) is 52.8 Å². The molecule has 2 aliphatic rings. The van der Waals surface area contributed by atoms with Gasteiger partial charge in [0.15, 0.2) is 5.01 Å². The van der Waals surface area contributed by atoms with Crippen molar-refractivity contribution in [3.63, 3.8) is 0 Å². The van der Waals surface area contributed by atoms with Crippen molar-refractivity contribution in [1.29, 1.82) is 0 Å². The highest BCUT2D eigenvalue weighted by Gasteiger charge is 2.44. The number of piperazine rings is 1. The molecule has 0 saturated carbocycles. The number of hydrogen-bond donors (Lipinski definition) is 2. The Kier molecular flexibility index (Phi) is 5.01. The number of rotatable bonds is 5. The lowest BCUT2D eigenvalue weighted by atomic mass is 10.1. The fourth-order valence-electron chi connectivity index (χ4n) is 4.09. The number of carbonyl (C=O) groups excluding carboxylic acids is 2. The first-order valence-electron chi connectivity index (χ1n) is 9.79. The third-order valence-corrected chi connectivity index (χ3v) is 6.25. The number of hydrogen-bond acceptors (Lipinski definition) is 8. The second kappa shape index (κ2) is 7.96. The molecule has 2 saturated heterocycles. The summed E-state index contributed by atoms with van der Waals surface area (Å²) in [5.74, 6) is 0.810. The fourth-order valence-corrected chi connectivity index (χ4v) is 4.63. The Morgan fingerprint density at radius 1 is 1.30 bits per heavy atom. The van der Waals surface area contributed by atoms with Crippen molar-refractivity contribution in [2.75, 3.05) is 13.1 Å². The normalized spacial score (nSPS) is 23.7. The van der Waals surface area contributed by atoms with Gasteiger partial charge in [-0.1, -0.05) is 18.2 Å². The molecule has 2 aliphatic heterocycles. The van der Waals surface area contributed by atoms with Crippen molar-refractivity contribution in [2.45, 2.75) is 31.0 Å². The SMILES string of the molecule is O=C(N[C@H]1C[C@H]2C(=O)NC[C@@H](Cc3nnc(-c4ccccc4)o3)N2C1)c1nccs1. The van der Waals surface area contributed by atoms with Gasteiger partial charge in [0.05, 0.1) is 6.04 Å². The Balaban J connectivity index is 1.27. The molecule has 0 radical (unpaired) electrons. The molecule has 3 aromatic rings. The van der Waals surface area contributed by atoms with Gasteiger partial charge in [-0.05, 0) is 18.6 Å². The van der Waals surface area contributed by atoms with Gasteiger partial charge < -0.3 is 15.1 Å². The molecule has 0 spiro atoms. The van der Waals surface area contributed by atoms with E-state index in [9.17, 15) is 9.59 Å². The van der Waals surface area contributed by atoms with Gasteiger partial charge in [0.2, 0.25) is 17.7 Å². The van der Waals surface area contributed by atoms with Crippen LogP contribution in [0.3, 0.4) is 0 Å². The van der Waals surface area contributed by atoms with Crippen LogP contribution in [0.4, 0.5) is 0 Å². The molecule has 4 heterocycles. The van der Waals surface area contributed by atoms with Gasteiger partial charge in [-0.15, -0.1) is 21.5 Å². The topological polar surface area (TPSA) is 113 Å². The molecule has 2 fully saturated rings. The number of nitrogens with one attached hydrogen (secondary N) is 2. The van der Waals surface area contributed by atoms with Crippen LogP contribution < -0.4 is 10.6 Å². The van der Waals surface area contributed by atoms with Crippen LogP contribution in [0.5, 0.6) is 0 Å². The molecular weight excluding hydrogens is 404 g/mol. The molecule has 2 amide bonds. The van der Waals surface area contributed by atoms with E-state index in [4.69, 9.17) is 4.42 Å². The van der Waals surface area contributed by atoms with Crippen LogP contribution in [0, 0.1) is 0 Å². The smallest absolute Gasteiger partial charge is 0.280 e. The summed E-state index contributed by atoms with van der Waals surface area (Å²) >= 11 is 1.30. The highest BCUT2D eigenvalue weighted by Crippen LogP contribution is 2.26. The van der Waals surface area contributed by atoms with Gasteiger partial charge >= 0.3 is 0 Å². The molecule has 30 heavy (non-hydrogen) atoms. The number of benzene rings is 1. The first kappa shape index (κ1) is 18.9. The quantitative estimate of drug-likeness (QED) is 0.631.